The lowest BCUT2D eigenvalue weighted by Crippen LogP contribution is -2.03. The van der Waals surface area contributed by atoms with Crippen molar-refractivity contribution in [3.8, 4) is 0 Å². The number of hydrogen-bond acceptors (Lipinski definition) is 3. The molecule has 76 valence electrons. The molecule has 0 aliphatic rings. The predicted octanol–water partition coefficient (Wildman–Crippen LogP) is 2.67. The molecule has 1 aromatic heterocycles. The topological polar surface area (TPSA) is 39.2 Å². The third kappa shape index (κ3) is 1.66. The minimum absolute atomic E-state index is 0.366. The molecule has 2 rings (SSSR count). The van der Waals surface area contributed by atoms with Crippen LogP contribution in [0.2, 0.25) is 5.02 Å². The maximum atomic E-state index is 11.5. The van der Waals surface area contributed by atoms with Gasteiger partial charge in [-0.1, -0.05) is 17.7 Å². The van der Waals surface area contributed by atoms with Crippen LogP contribution in [0.15, 0.2) is 30.5 Å². The van der Waals surface area contributed by atoms with Crippen molar-refractivity contribution in [2.75, 3.05) is 7.11 Å². The molecule has 0 fully saturated rings. The maximum absolute atomic E-state index is 11.5. The van der Waals surface area contributed by atoms with Crippen molar-refractivity contribution in [1.29, 1.82) is 0 Å². The predicted molar refractivity (Wildman–Crippen MR) is 58.1 cm³/mol. The molecule has 0 saturated heterocycles. The number of rotatable bonds is 1. The number of carbonyl (C=O) groups is 1. The number of aromatic nitrogens is 1. The Morgan fingerprint density at radius 3 is 2.93 bits per heavy atom. The van der Waals surface area contributed by atoms with Gasteiger partial charge in [-0.05, 0) is 18.2 Å². The highest BCUT2D eigenvalue weighted by Gasteiger charge is 2.14. The molecule has 0 bridgehead atoms. The summed E-state index contributed by atoms with van der Waals surface area (Å²) in [6.07, 6.45) is 1.66. The van der Waals surface area contributed by atoms with Gasteiger partial charge < -0.3 is 4.74 Å². The van der Waals surface area contributed by atoms with Crippen LogP contribution in [-0.4, -0.2) is 18.1 Å². The summed E-state index contributed by atoms with van der Waals surface area (Å²) in [6.45, 7) is 0. The number of methoxy groups -OCH3 is 1. The Hall–Kier alpha value is -1.61. The Balaban J connectivity index is 2.79. The normalized spacial score (nSPS) is 10.3. The van der Waals surface area contributed by atoms with Gasteiger partial charge in [0.05, 0.1) is 23.2 Å². The molecule has 15 heavy (non-hydrogen) atoms. The molecule has 1 aromatic carbocycles. The summed E-state index contributed by atoms with van der Waals surface area (Å²) >= 11 is 5.95. The third-order valence-corrected chi connectivity index (χ3v) is 2.44. The number of pyridine rings is 1. The summed E-state index contributed by atoms with van der Waals surface area (Å²) in [5.74, 6) is -0.446. The van der Waals surface area contributed by atoms with E-state index in [0.29, 0.717) is 16.0 Å². The first kappa shape index (κ1) is 9.93. The van der Waals surface area contributed by atoms with Crippen LogP contribution in [0.4, 0.5) is 0 Å². The highest BCUT2D eigenvalue weighted by molar-refractivity contribution is 6.35. The summed E-state index contributed by atoms with van der Waals surface area (Å²) < 4.78 is 4.67. The molecule has 0 N–H and O–H groups in total. The molecule has 0 unspecified atom stereocenters. The van der Waals surface area contributed by atoms with Gasteiger partial charge in [-0.2, -0.15) is 0 Å². The number of hydrogen-bond donors (Lipinski definition) is 0. The van der Waals surface area contributed by atoms with Crippen LogP contribution in [-0.2, 0) is 4.74 Å². The summed E-state index contributed by atoms with van der Waals surface area (Å²) in [5, 5.41) is 1.08. The minimum atomic E-state index is -0.446. The second-order valence-corrected chi connectivity index (χ2v) is 3.39. The van der Waals surface area contributed by atoms with E-state index in [1.54, 1.807) is 30.5 Å². The van der Waals surface area contributed by atoms with Crippen LogP contribution < -0.4 is 0 Å². The van der Waals surface area contributed by atoms with Crippen molar-refractivity contribution < 1.29 is 9.53 Å². The first-order valence-corrected chi connectivity index (χ1v) is 4.73. The fourth-order valence-electron chi connectivity index (χ4n) is 1.44. The van der Waals surface area contributed by atoms with Crippen LogP contribution in [0.3, 0.4) is 0 Å². The Morgan fingerprint density at radius 2 is 2.20 bits per heavy atom. The van der Waals surface area contributed by atoms with Gasteiger partial charge in [0, 0.05) is 11.6 Å². The van der Waals surface area contributed by atoms with Gasteiger partial charge in [-0.25, -0.2) is 4.79 Å². The molecule has 0 radical (unpaired) electrons. The Kier molecular flexibility index (Phi) is 2.56. The average molecular weight is 222 g/mol. The highest BCUT2D eigenvalue weighted by Crippen LogP contribution is 2.25. The molecule has 3 nitrogen and oxygen atoms in total. The Morgan fingerprint density at radius 1 is 1.40 bits per heavy atom. The van der Waals surface area contributed by atoms with Crippen LogP contribution in [0.1, 0.15) is 10.4 Å². The molecule has 2 aromatic rings. The zero-order valence-corrected chi connectivity index (χ0v) is 8.78. The van der Waals surface area contributed by atoms with E-state index in [9.17, 15) is 4.79 Å². The van der Waals surface area contributed by atoms with Gasteiger partial charge in [-0.3, -0.25) is 4.98 Å². The summed E-state index contributed by atoms with van der Waals surface area (Å²) in [7, 11) is 1.33. The molecule has 1 heterocycles. The van der Waals surface area contributed by atoms with Gasteiger partial charge in [-0.15, -0.1) is 0 Å². The van der Waals surface area contributed by atoms with E-state index in [1.165, 1.54) is 7.11 Å². The first-order chi connectivity index (χ1) is 7.24. The van der Waals surface area contributed by atoms with E-state index in [0.717, 1.165) is 5.52 Å². The van der Waals surface area contributed by atoms with E-state index >= 15 is 0 Å². The highest BCUT2D eigenvalue weighted by atomic mass is 35.5. The van der Waals surface area contributed by atoms with Crippen molar-refractivity contribution in [1.82, 2.24) is 4.98 Å². The van der Waals surface area contributed by atoms with Crippen LogP contribution >= 0.6 is 11.6 Å². The van der Waals surface area contributed by atoms with E-state index in [1.807, 2.05) is 0 Å². The number of benzene rings is 1. The van der Waals surface area contributed by atoms with Gasteiger partial charge >= 0.3 is 5.97 Å². The molecule has 0 aliphatic heterocycles. The molecule has 0 amide bonds. The lowest BCUT2D eigenvalue weighted by molar-refractivity contribution is 0.0603. The quantitative estimate of drug-likeness (QED) is 0.695. The molecule has 4 heteroatoms. The summed E-state index contributed by atoms with van der Waals surface area (Å²) in [4.78, 5) is 15.6. The zero-order valence-electron chi connectivity index (χ0n) is 8.03. The number of nitrogens with zero attached hydrogens (tertiary/aromatic N) is 1. The second kappa shape index (κ2) is 3.87. The number of esters is 1. The Labute approximate surface area is 91.6 Å². The van der Waals surface area contributed by atoms with E-state index in [-0.39, 0.29) is 0 Å². The SMILES string of the molecule is COC(=O)c1c(Cl)ccc2ncccc12. The van der Waals surface area contributed by atoms with Crippen molar-refractivity contribution in [3.05, 3.63) is 41.0 Å². The van der Waals surface area contributed by atoms with Crippen molar-refractivity contribution >= 4 is 28.5 Å². The molecule has 0 aliphatic carbocycles. The van der Waals surface area contributed by atoms with Crippen LogP contribution in [0, 0.1) is 0 Å². The van der Waals surface area contributed by atoms with E-state index in [4.69, 9.17) is 11.6 Å². The van der Waals surface area contributed by atoms with Gasteiger partial charge in [0.2, 0.25) is 0 Å². The van der Waals surface area contributed by atoms with Crippen molar-refractivity contribution in [2.24, 2.45) is 0 Å². The van der Waals surface area contributed by atoms with Gasteiger partial charge in [0.1, 0.15) is 0 Å². The first-order valence-electron chi connectivity index (χ1n) is 4.35. The van der Waals surface area contributed by atoms with E-state index < -0.39 is 5.97 Å². The fourth-order valence-corrected chi connectivity index (χ4v) is 1.68. The Bertz CT molecular complexity index is 525. The van der Waals surface area contributed by atoms with Crippen LogP contribution in [0.5, 0.6) is 0 Å². The number of halogens is 1. The lowest BCUT2D eigenvalue weighted by Gasteiger charge is -2.05. The molecular formula is C11H8ClNO2. The zero-order chi connectivity index (χ0) is 10.8. The van der Waals surface area contributed by atoms with Gasteiger partial charge in [0.15, 0.2) is 0 Å². The minimum Gasteiger partial charge on any atom is -0.465 e. The average Bonchev–Trinajstić information content (AvgIpc) is 2.28. The maximum Gasteiger partial charge on any atom is 0.340 e. The smallest absolute Gasteiger partial charge is 0.340 e. The standard InChI is InChI=1S/C11H8ClNO2/c1-15-11(14)10-7-3-2-6-13-9(7)5-4-8(10)12/h2-6H,1H3. The summed E-state index contributed by atoms with van der Waals surface area (Å²) in [5.41, 5.74) is 1.09. The van der Waals surface area contributed by atoms with Crippen molar-refractivity contribution in [2.45, 2.75) is 0 Å². The lowest BCUT2D eigenvalue weighted by atomic mass is 10.1. The fraction of sp³-hybridized carbons (Fsp3) is 0.0909. The molecule has 0 spiro atoms. The van der Waals surface area contributed by atoms with Crippen LogP contribution in [0.25, 0.3) is 10.9 Å². The number of ether oxygens (including phenoxy) is 1. The molecular weight excluding hydrogens is 214 g/mol. The number of carbonyl (C=O) groups excluding carboxylic acids is 1. The van der Waals surface area contributed by atoms with Crippen molar-refractivity contribution in [3.63, 3.8) is 0 Å². The largest absolute Gasteiger partial charge is 0.465 e. The number of fused-ring (bicyclic) bond motifs is 1. The third-order valence-electron chi connectivity index (χ3n) is 2.12. The molecule has 0 atom stereocenters. The summed E-state index contributed by atoms with van der Waals surface area (Å²) in [6, 6.07) is 6.96. The van der Waals surface area contributed by atoms with Gasteiger partial charge in [0.25, 0.3) is 0 Å². The second-order valence-electron chi connectivity index (χ2n) is 2.98. The monoisotopic (exact) mass is 221 g/mol. The molecule has 0 saturated carbocycles. The van der Waals surface area contributed by atoms with E-state index in [2.05, 4.69) is 9.72 Å².